The maximum atomic E-state index is 12.1. The van der Waals surface area contributed by atoms with Crippen molar-refractivity contribution < 1.29 is 13.5 Å². The largest absolute Gasteiger partial charge is 0.396 e. The maximum Gasteiger partial charge on any atom is 0.155 e. The minimum atomic E-state index is -3.13. The molecule has 0 heterocycles. The van der Waals surface area contributed by atoms with Gasteiger partial charge in [-0.3, -0.25) is 0 Å². The predicted octanol–water partition coefficient (Wildman–Crippen LogP) is 2.67. The van der Waals surface area contributed by atoms with Crippen molar-refractivity contribution in [1.29, 1.82) is 0 Å². The van der Waals surface area contributed by atoms with Crippen molar-refractivity contribution in [2.75, 3.05) is 12.4 Å². The van der Waals surface area contributed by atoms with Crippen molar-refractivity contribution in [2.24, 2.45) is 0 Å². The monoisotopic (exact) mass is 284 g/mol. The Labute approximate surface area is 116 Å². The fourth-order valence-corrected chi connectivity index (χ4v) is 3.20. The lowest BCUT2D eigenvalue weighted by Crippen LogP contribution is -2.31. The molecule has 108 valence electrons. The van der Waals surface area contributed by atoms with E-state index in [0.717, 1.165) is 11.1 Å². The molecule has 1 atom stereocenters. The molecule has 0 fully saturated rings. The van der Waals surface area contributed by atoms with E-state index in [1.807, 2.05) is 31.2 Å². The minimum absolute atomic E-state index is 0.0233. The topological polar surface area (TPSA) is 54.4 Å². The summed E-state index contributed by atoms with van der Waals surface area (Å²) < 4.78 is 23.5. The number of aliphatic hydroxyl groups excluding tert-OH is 1. The molecule has 0 aromatic heterocycles. The number of benzene rings is 1. The van der Waals surface area contributed by atoms with Crippen LogP contribution in [0.1, 0.15) is 44.2 Å². The summed E-state index contributed by atoms with van der Waals surface area (Å²) in [5.74, 6) is -0.00546. The van der Waals surface area contributed by atoms with Crippen LogP contribution in [0.2, 0.25) is 0 Å². The van der Waals surface area contributed by atoms with Crippen LogP contribution >= 0.6 is 0 Å². The molecule has 1 unspecified atom stereocenters. The van der Waals surface area contributed by atoms with Gasteiger partial charge in [0.1, 0.15) is 0 Å². The average molecular weight is 284 g/mol. The first-order chi connectivity index (χ1) is 8.69. The number of aryl methyl sites for hydroxylation is 1. The van der Waals surface area contributed by atoms with Crippen molar-refractivity contribution in [3.63, 3.8) is 0 Å². The molecule has 0 aliphatic heterocycles. The lowest BCUT2D eigenvalue weighted by atomic mass is 9.93. The van der Waals surface area contributed by atoms with Gasteiger partial charge in [0, 0.05) is 12.5 Å². The predicted molar refractivity (Wildman–Crippen MR) is 79.2 cm³/mol. The second kappa shape index (κ2) is 6.06. The Hall–Kier alpha value is -0.870. The smallest absolute Gasteiger partial charge is 0.155 e. The van der Waals surface area contributed by atoms with Crippen molar-refractivity contribution in [3.05, 3.63) is 35.4 Å². The fraction of sp³-hybridized carbons (Fsp3) is 0.600. The van der Waals surface area contributed by atoms with Crippen molar-refractivity contribution in [3.8, 4) is 0 Å². The van der Waals surface area contributed by atoms with Crippen LogP contribution < -0.4 is 0 Å². The summed E-state index contributed by atoms with van der Waals surface area (Å²) >= 11 is 0. The molecule has 1 N–H and O–H groups in total. The number of sulfone groups is 1. The minimum Gasteiger partial charge on any atom is -0.396 e. The van der Waals surface area contributed by atoms with E-state index in [0.29, 0.717) is 6.42 Å². The van der Waals surface area contributed by atoms with Gasteiger partial charge in [-0.1, -0.05) is 24.3 Å². The fourth-order valence-electron chi connectivity index (χ4n) is 1.99. The summed E-state index contributed by atoms with van der Waals surface area (Å²) in [4.78, 5) is 0. The van der Waals surface area contributed by atoms with E-state index < -0.39 is 14.6 Å². The van der Waals surface area contributed by atoms with Gasteiger partial charge in [-0.2, -0.15) is 0 Å². The van der Waals surface area contributed by atoms with Crippen LogP contribution in [0, 0.1) is 6.92 Å². The van der Waals surface area contributed by atoms with Crippen LogP contribution in [-0.4, -0.2) is 30.6 Å². The average Bonchev–Trinajstić information content (AvgIpc) is 2.30. The van der Waals surface area contributed by atoms with Crippen LogP contribution in [0.25, 0.3) is 0 Å². The standard InChI is InChI=1S/C15H24O3S/c1-12-7-5-6-8-14(12)13(11-16)9-10-19(17,18)15(2,3)4/h5-8,13,16H,9-11H2,1-4H3. The number of hydrogen-bond acceptors (Lipinski definition) is 3. The summed E-state index contributed by atoms with van der Waals surface area (Å²) in [5, 5.41) is 9.51. The van der Waals surface area contributed by atoms with Gasteiger partial charge in [0.2, 0.25) is 0 Å². The highest BCUT2D eigenvalue weighted by atomic mass is 32.2. The molecule has 0 spiro atoms. The van der Waals surface area contributed by atoms with Crippen LogP contribution in [0.3, 0.4) is 0 Å². The van der Waals surface area contributed by atoms with Gasteiger partial charge in [0.25, 0.3) is 0 Å². The summed E-state index contributed by atoms with van der Waals surface area (Å²) in [6.45, 7) is 7.10. The van der Waals surface area contributed by atoms with Gasteiger partial charge in [0.15, 0.2) is 9.84 Å². The van der Waals surface area contributed by atoms with Gasteiger partial charge in [-0.05, 0) is 45.2 Å². The highest BCUT2D eigenvalue weighted by Crippen LogP contribution is 2.25. The molecule has 0 bridgehead atoms. The number of aliphatic hydroxyl groups is 1. The van der Waals surface area contributed by atoms with Crippen LogP contribution in [-0.2, 0) is 9.84 Å². The SMILES string of the molecule is Cc1ccccc1C(CO)CCS(=O)(=O)C(C)(C)C. The lowest BCUT2D eigenvalue weighted by Gasteiger charge is -2.22. The summed E-state index contributed by atoms with van der Waals surface area (Å²) in [7, 11) is -3.13. The van der Waals surface area contributed by atoms with E-state index >= 15 is 0 Å². The molecule has 3 nitrogen and oxygen atoms in total. The number of hydrogen-bond donors (Lipinski definition) is 1. The Kier molecular flexibility index (Phi) is 5.16. The molecule has 0 saturated carbocycles. The van der Waals surface area contributed by atoms with Crippen molar-refractivity contribution in [2.45, 2.75) is 44.8 Å². The molecule has 4 heteroatoms. The Bertz CT molecular complexity index is 512. The molecule has 0 aliphatic rings. The van der Waals surface area contributed by atoms with E-state index in [9.17, 15) is 13.5 Å². The molecule has 0 aliphatic carbocycles. The highest BCUT2D eigenvalue weighted by Gasteiger charge is 2.29. The van der Waals surface area contributed by atoms with Crippen LogP contribution in [0.4, 0.5) is 0 Å². The molecule has 1 aromatic carbocycles. The third kappa shape index (κ3) is 4.05. The van der Waals surface area contributed by atoms with Gasteiger partial charge in [-0.15, -0.1) is 0 Å². The van der Waals surface area contributed by atoms with Gasteiger partial charge < -0.3 is 5.11 Å². The molecule has 0 radical (unpaired) electrons. The van der Waals surface area contributed by atoms with E-state index in [4.69, 9.17) is 0 Å². The molecule has 0 saturated heterocycles. The van der Waals surface area contributed by atoms with E-state index in [1.165, 1.54) is 0 Å². The first-order valence-corrected chi connectivity index (χ1v) is 8.23. The number of rotatable bonds is 5. The summed E-state index contributed by atoms with van der Waals surface area (Å²) in [5.41, 5.74) is 2.13. The molecule has 1 aromatic rings. The Balaban J connectivity index is 2.84. The molecule has 0 amide bonds. The first kappa shape index (κ1) is 16.2. The second-order valence-corrected chi connectivity index (χ2v) is 8.82. The van der Waals surface area contributed by atoms with Gasteiger partial charge >= 0.3 is 0 Å². The zero-order valence-corrected chi connectivity index (χ0v) is 13.0. The zero-order chi connectivity index (χ0) is 14.7. The third-order valence-corrected chi connectivity index (χ3v) is 6.16. The molecular formula is C15H24O3S. The van der Waals surface area contributed by atoms with Crippen molar-refractivity contribution >= 4 is 9.84 Å². The van der Waals surface area contributed by atoms with Crippen molar-refractivity contribution in [1.82, 2.24) is 0 Å². The normalized spacial score (nSPS) is 14.4. The third-order valence-electron chi connectivity index (χ3n) is 3.52. The zero-order valence-electron chi connectivity index (χ0n) is 12.2. The van der Waals surface area contributed by atoms with Crippen LogP contribution in [0.15, 0.2) is 24.3 Å². The second-order valence-electron chi connectivity index (χ2n) is 5.96. The molecular weight excluding hydrogens is 260 g/mol. The highest BCUT2D eigenvalue weighted by molar-refractivity contribution is 7.92. The summed E-state index contributed by atoms with van der Waals surface area (Å²) in [6.07, 6.45) is 0.459. The van der Waals surface area contributed by atoms with Crippen LogP contribution in [0.5, 0.6) is 0 Å². The molecule has 19 heavy (non-hydrogen) atoms. The molecule has 1 rings (SSSR count). The summed E-state index contributed by atoms with van der Waals surface area (Å²) in [6, 6.07) is 7.80. The van der Waals surface area contributed by atoms with E-state index in [1.54, 1.807) is 20.8 Å². The first-order valence-electron chi connectivity index (χ1n) is 6.57. The maximum absolute atomic E-state index is 12.1. The Morgan fingerprint density at radius 2 is 1.79 bits per heavy atom. The lowest BCUT2D eigenvalue weighted by molar-refractivity contribution is 0.262. The Morgan fingerprint density at radius 1 is 1.21 bits per heavy atom. The quantitative estimate of drug-likeness (QED) is 0.904. The van der Waals surface area contributed by atoms with E-state index in [2.05, 4.69) is 0 Å². The van der Waals surface area contributed by atoms with E-state index in [-0.39, 0.29) is 18.3 Å². The Morgan fingerprint density at radius 3 is 2.26 bits per heavy atom. The van der Waals surface area contributed by atoms with Gasteiger partial charge in [0.05, 0.1) is 10.5 Å². The van der Waals surface area contributed by atoms with Gasteiger partial charge in [-0.25, -0.2) is 8.42 Å².